The topological polar surface area (TPSA) is 69.0 Å². The molecule has 2 heterocycles. The minimum Gasteiger partial charge on any atom is -0.443 e. The Bertz CT molecular complexity index is 920. The van der Waals surface area contributed by atoms with Gasteiger partial charge >= 0.3 is 6.09 Å². The third kappa shape index (κ3) is 4.33. The highest BCUT2D eigenvalue weighted by molar-refractivity contribution is 7.99. The van der Waals surface area contributed by atoms with Gasteiger partial charge in [0.1, 0.15) is 23.1 Å². The summed E-state index contributed by atoms with van der Waals surface area (Å²) in [4.78, 5) is 16.2. The minimum atomic E-state index is -0.565. The molecule has 1 N–H and O–H groups in total. The van der Waals surface area contributed by atoms with Crippen LogP contribution in [0.3, 0.4) is 0 Å². The zero-order chi connectivity index (χ0) is 18.5. The van der Waals surface area contributed by atoms with Crippen molar-refractivity contribution in [3.63, 3.8) is 0 Å². The van der Waals surface area contributed by atoms with Crippen LogP contribution in [0, 0.1) is 5.82 Å². The average Bonchev–Trinajstić information content (AvgIpc) is 3.05. The molecular formula is C17H14ClFN4O2S. The molecule has 0 aliphatic carbocycles. The largest absolute Gasteiger partial charge is 0.443 e. The van der Waals surface area contributed by atoms with E-state index in [4.69, 9.17) is 16.3 Å². The monoisotopic (exact) mass is 392 g/mol. The SMILES string of the molecule is CNC(=O)OCc1cc(Sc2cccnc2)n(-c2cc(F)ccc2Cl)n1. The number of alkyl carbamates (subject to hydrolysis) is 1. The van der Waals surface area contributed by atoms with Crippen LogP contribution in [-0.2, 0) is 11.3 Å². The number of amides is 1. The highest BCUT2D eigenvalue weighted by Gasteiger charge is 2.15. The highest BCUT2D eigenvalue weighted by atomic mass is 35.5. The Morgan fingerprint density at radius 2 is 2.23 bits per heavy atom. The number of nitrogens with zero attached hydrogens (tertiary/aromatic N) is 3. The molecule has 0 aliphatic rings. The summed E-state index contributed by atoms with van der Waals surface area (Å²) in [5.74, 6) is -0.430. The van der Waals surface area contributed by atoms with Gasteiger partial charge in [-0.1, -0.05) is 23.4 Å². The predicted octanol–water partition coefficient (Wildman–Crippen LogP) is 4.07. The molecule has 0 atom stereocenters. The van der Waals surface area contributed by atoms with Crippen molar-refractivity contribution in [2.24, 2.45) is 0 Å². The Labute approximate surface area is 158 Å². The summed E-state index contributed by atoms with van der Waals surface area (Å²) in [6, 6.07) is 9.50. The first kappa shape index (κ1) is 18.2. The Morgan fingerprint density at radius 1 is 1.38 bits per heavy atom. The summed E-state index contributed by atoms with van der Waals surface area (Å²) in [6.07, 6.45) is 2.81. The number of nitrogens with one attached hydrogen (secondary N) is 1. The van der Waals surface area contributed by atoms with Gasteiger partial charge in [0, 0.05) is 30.4 Å². The van der Waals surface area contributed by atoms with E-state index in [1.54, 1.807) is 18.5 Å². The fraction of sp³-hybridized carbons (Fsp3) is 0.118. The molecule has 3 rings (SSSR count). The normalized spacial score (nSPS) is 10.6. The van der Waals surface area contributed by atoms with Crippen LogP contribution < -0.4 is 5.32 Å². The van der Waals surface area contributed by atoms with Crippen molar-refractivity contribution < 1.29 is 13.9 Å². The maximum Gasteiger partial charge on any atom is 0.407 e. The van der Waals surface area contributed by atoms with E-state index in [1.807, 2.05) is 12.1 Å². The van der Waals surface area contributed by atoms with Gasteiger partial charge in [0.15, 0.2) is 0 Å². The Balaban J connectivity index is 1.98. The fourth-order valence-electron chi connectivity index (χ4n) is 2.11. The van der Waals surface area contributed by atoms with Gasteiger partial charge in [0.2, 0.25) is 0 Å². The van der Waals surface area contributed by atoms with E-state index in [0.717, 1.165) is 4.90 Å². The van der Waals surface area contributed by atoms with Crippen molar-refractivity contribution in [3.05, 3.63) is 65.3 Å². The van der Waals surface area contributed by atoms with Crippen LogP contribution in [0.5, 0.6) is 0 Å². The van der Waals surface area contributed by atoms with Crippen molar-refractivity contribution in [3.8, 4) is 5.69 Å². The molecule has 0 aliphatic heterocycles. The van der Waals surface area contributed by atoms with E-state index in [0.29, 0.717) is 21.4 Å². The molecule has 134 valence electrons. The number of pyridine rings is 1. The van der Waals surface area contributed by atoms with Gasteiger partial charge in [-0.3, -0.25) is 4.98 Å². The summed E-state index contributed by atoms with van der Waals surface area (Å²) < 4.78 is 20.3. The first-order valence-electron chi connectivity index (χ1n) is 7.53. The Kier molecular flexibility index (Phi) is 5.75. The molecule has 0 spiro atoms. The summed E-state index contributed by atoms with van der Waals surface area (Å²) in [5, 5.41) is 7.80. The first-order chi connectivity index (χ1) is 12.6. The molecule has 0 bridgehead atoms. The molecule has 9 heteroatoms. The second kappa shape index (κ2) is 8.20. The van der Waals surface area contributed by atoms with Crippen LogP contribution in [0.1, 0.15) is 5.69 Å². The van der Waals surface area contributed by atoms with E-state index in [1.165, 1.54) is 41.7 Å². The zero-order valence-corrected chi connectivity index (χ0v) is 15.2. The lowest BCUT2D eigenvalue weighted by atomic mass is 10.3. The fourth-order valence-corrected chi connectivity index (χ4v) is 3.23. The lowest BCUT2D eigenvalue weighted by Gasteiger charge is -2.09. The van der Waals surface area contributed by atoms with Gasteiger partial charge in [-0.05, 0) is 30.3 Å². The van der Waals surface area contributed by atoms with Gasteiger partial charge in [0.05, 0.1) is 10.7 Å². The highest BCUT2D eigenvalue weighted by Crippen LogP contribution is 2.32. The van der Waals surface area contributed by atoms with Crippen LogP contribution in [0.15, 0.2) is 58.7 Å². The quantitative estimate of drug-likeness (QED) is 0.708. The van der Waals surface area contributed by atoms with Crippen LogP contribution >= 0.6 is 23.4 Å². The van der Waals surface area contributed by atoms with Crippen LogP contribution in [0.4, 0.5) is 9.18 Å². The van der Waals surface area contributed by atoms with E-state index >= 15 is 0 Å². The predicted molar refractivity (Wildman–Crippen MR) is 96.1 cm³/mol. The van der Waals surface area contributed by atoms with Crippen LogP contribution in [0.2, 0.25) is 5.02 Å². The number of carbonyl (C=O) groups is 1. The van der Waals surface area contributed by atoms with Gasteiger partial charge in [-0.25, -0.2) is 13.9 Å². The van der Waals surface area contributed by atoms with Crippen LogP contribution in [-0.4, -0.2) is 27.9 Å². The first-order valence-corrected chi connectivity index (χ1v) is 8.73. The standard InChI is InChI=1S/C17H14ClFN4O2S/c1-20-17(24)25-10-12-8-16(26-13-3-2-6-21-9-13)23(22-12)15-7-11(19)4-5-14(15)18/h2-9H,10H2,1H3,(H,20,24). The zero-order valence-electron chi connectivity index (χ0n) is 13.6. The molecule has 1 aromatic carbocycles. The van der Waals surface area contributed by atoms with E-state index in [-0.39, 0.29) is 6.61 Å². The third-order valence-electron chi connectivity index (χ3n) is 3.28. The number of carbonyl (C=O) groups excluding carboxylic acids is 1. The molecule has 6 nitrogen and oxygen atoms in total. The van der Waals surface area contributed by atoms with Crippen LogP contribution in [0.25, 0.3) is 5.69 Å². The number of aromatic nitrogens is 3. The smallest absolute Gasteiger partial charge is 0.407 e. The number of benzene rings is 1. The molecule has 3 aromatic rings. The molecule has 26 heavy (non-hydrogen) atoms. The summed E-state index contributed by atoms with van der Waals surface area (Å²) in [5.41, 5.74) is 0.893. The lowest BCUT2D eigenvalue weighted by Crippen LogP contribution is -2.19. The van der Waals surface area contributed by atoms with Gasteiger partial charge in [-0.2, -0.15) is 5.10 Å². The van der Waals surface area contributed by atoms with Crippen molar-refractivity contribution in [2.45, 2.75) is 16.5 Å². The number of rotatable bonds is 5. The van der Waals surface area contributed by atoms with Gasteiger partial charge < -0.3 is 10.1 Å². The van der Waals surface area contributed by atoms with Crippen molar-refractivity contribution >= 4 is 29.5 Å². The molecule has 0 radical (unpaired) electrons. The molecule has 0 unspecified atom stereocenters. The molecule has 0 saturated heterocycles. The number of ether oxygens (including phenoxy) is 1. The van der Waals surface area contributed by atoms with E-state index < -0.39 is 11.9 Å². The third-order valence-corrected chi connectivity index (χ3v) is 4.57. The molecule has 0 fully saturated rings. The Hall–Kier alpha value is -2.58. The maximum atomic E-state index is 13.7. The lowest BCUT2D eigenvalue weighted by molar-refractivity contribution is 0.140. The number of hydrogen-bond donors (Lipinski definition) is 1. The molecule has 2 aromatic heterocycles. The van der Waals surface area contributed by atoms with Gasteiger partial charge in [0.25, 0.3) is 0 Å². The van der Waals surface area contributed by atoms with Gasteiger partial charge in [-0.15, -0.1) is 0 Å². The molecule has 1 amide bonds. The van der Waals surface area contributed by atoms with Crippen molar-refractivity contribution in [2.75, 3.05) is 7.05 Å². The Morgan fingerprint density at radius 3 is 2.96 bits per heavy atom. The summed E-state index contributed by atoms with van der Waals surface area (Å²) in [7, 11) is 1.47. The van der Waals surface area contributed by atoms with Crippen molar-refractivity contribution in [1.29, 1.82) is 0 Å². The maximum absolute atomic E-state index is 13.7. The van der Waals surface area contributed by atoms with Crippen molar-refractivity contribution in [1.82, 2.24) is 20.1 Å². The molecular weight excluding hydrogens is 379 g/mol. The summed E-state index contributed by atoms with van der Waals surface area (Å²) >= 11 is 7.61. The summed E-state index contributed by atoms with van der Waals surface area (Å²) in [6.45, 7) is -0.0276. The van der Waals surface area contributed by atoms with E-state index in [9.17, 15) is 9.18 Å². The minimum absolute atomic E-state index is 0.0276. The average molecular weight is 393 g/mol. The van der Waals surface area contributed by atoms with E-state index in [2.05, 4.69) is 15.4 Å². The molecule has 0 saturated carbocycles. The second-order valence-corrected chi connectivity index (χ2v) is 6.60. The number of halogens is 2. The number of hydrogen-bond acceptors (Lipinski definition) is 5. The second-order valence-electron chi connectivity index (χ2n) is 5.10.